The minimum atomic E-state index is -5.24. The quantitative estimate of drug-likeness (QED) is 0.684. The van der Waals surface area contributed by atoms with Gasteiger partial charge in [0.1, 0.15) is 10.6 Å². The summed E-state index contributed by atoms with van der Waals surface area (Å²) in [5.41, 5.74) is 1.33. The standard InChI is InChI=1S/C8H6ClF5N2O2S/c9-19(17,18)4-1-3(2-15)5(7(10)11)16-6(4)8(12,13)14/h1,7H,2,15H2. The van der Waals surface area contributed by atoms with E-state index in [0.717, 1.165) is 0 Å². The Morgan fingerprint density at radius 1 is 1.37 bits per heavy atom. The Morgan fingerprint density at radius 3 is 2.21 bits per heavy atom. The van der Waals surface area contributed by atoms with Crippen molar-refractivity contribution >= 4 is 19.7 Å². The molecule has 4 nitrogen and oxygen atoms in total. The molecule has 108 valence electrons. The number of rotatable bonds is 3. The third kappa shape index (κ3) is 3.51. The summed E-state index contributed by atoms with van der Waals surface area (Å²) in [6.07, 6.45) is -8.57. The van der Waals surface area contributed by atoms with E-state index in [1.165, 1.54) is 0 Å². The molecule has 1 heterocycles. The number of nitrogens with zero attached hydrogens (tertiary/aromatic N) is 1. The molecule has 0 radical (unpaired) electrons. The van der Waals surface area contributed by atoms with Crippen molar-refractivity contribution in [1.29, 1.82) is 0 Å². The second-order valence-electron chi connectivity index (χ2n) is 3.32. The van der Waals surface area contributed by atoms with E-state index in [4.69, 9.17) is 16.4 Å². The maximum atomic E-state index is 12.6. The van der Waals surface area contributed by atoms with E-state index in [0.29, 0.717) is 6.07 Å². The van der Waals surface area contributed by atoms with Gasteiger partial charge in [-0.25, -0.2) is 22.2 Å². The Balaban J connectivity index is 3.73. The number of nitrogens with two attached hydrogens (primary N) is 1. The van der Waals surface area contributed by atoms with Crippen LogP contribution in [0, 0.1) is 0 Å². The first-order chi connectivity index (χ1) is 8.48. The normalized spacial score (nSPS) is 13.1. The Bertz CT molecular complexity index is 588. The minimum Gasteiger partial charge on any atom is -0.326 e. The van der Waals surface area contributed by atoms with Crippen LogP contribution in [0.1, 0.15) is 23.4 Å². The van der Waals surface area contributed by atoms with Crippen molar-refractivity contribution in [3.05, 3.63) is 23.0 Å². The molecule has 2 N–H and O–H groups in total. The summed E-state index contributed by atoms with van der Waals surface area (Å²) in [6.45, 7) is -0.607. The van der Waals surface area contributed by atoms with Crippen molar-refractivity contribution in [2.75, 3.05) is 0 Å². The summed E-state index contributed by atoms with van der Waals surface area (Å²) in [4.78, 5) is 1.27. The van der Waals surface area contributed by atoms with Gasteiger partial charge in [0.15, 0.2) is 5.69 Å². The second kappa shape index (κ2) is 5.17. The molecule has 0 fully saturated rings. The van der Waals surface area contributed by atoms with Crippen molar-refractivity contribution in [3.8, 4) is 0 Å². The summed E-state index contributed by atoms with van der Waals surface area (Å²) in [5, 5.41) is 0. The van der Waals surface area contributed by atoms with Gasteiger partial charge in [-0.05, 0) is 11.6 Å². The fourth-order valence-electron chi connectivity index (χ4n) is 1.29. The molecule has 0 amide bonds. The van der Waals surface area contributed by atoms with Gasteiger partial charge in [-0.15, -0.1) is 0 Å². The summed E-state index contributed by atoms with van der Waals surface area (Å²) in [6, 6.07) is 0.361. The molecule has 1 aromatic rings. The molecule has 0 aliphatic heterocycles. The van der Waals surface area contributed by atoms with Gasteiger partial charge in [-0.1, -0.05) is 0 Å². The van der Waals surface area contributed by atoms with Gasteiger partial charge in [0, 0.05) is 17.2 Å². The molecule has 11 heteroatoms. The first-order valence-corrected chi connectivity index (χ1v) is 6.83. The van der Waals surface area contributed by atoms with E-state index >= 15 is 0 Å². The molecule has 0 saturated carbocycles. The monoisotopic (exact) mass is 324 g/mol. The van der Waals surface area contributed by atoms with Crippen molar-refractivity contribution in [2.24, 2.45) is 5.73 Å². The maximum Gasteiger partial charge on any atom is 0.434 e. The molecule has 0 aliphatic rings. The van der Waals surface area contributed by atoms with Gasteiger partial charge < -0.3 is 5.73 Å². The average Bonchev–Trinajstić information content (AvgIpc) is 2.24. The molecule has 0 aromatic carbocycles. The van der Waals surface area contributed by atoms with E-state index in [1.807, 2.05) is 0 Å². The fraction of sp³-hybridized carbons (Fsp3) is 0.375. The first-order valence-electron chi connectivity index (χ1n) is 4.52. The highest BCUT2D eigenvalue weighted by Crippen LogP contribution is 2.36. The van der Waals surface area contributed by atoms with Crippen LogP contribution >= 0.6 is 10.7 Å². The molecule has 0 unspecified atom stereocenters. The van der Waals surface area contributed by atoms with Gasteiger partial charge >= 0.3 is 6.18 Å². The maximum absolute atomic E-state index is 12.6. The number of aromatic nitrogens is 1. The summed E-state index contributed by atoms with van der Waals surface area (Å²) < 4.78 is 85.0. The van der Waals surface area contributed by atoms with E-state index in [2.05, 4.69) is 4.98 Å². The lowest BCUT2D eigenvalue weighted by Crippen LogP contribution is -2.17. The second-order valence-corrected chi connectivity index (χ2v) is 5.85. The molecule has 0 saturated heterocycles. The van der Waals surface area contributed by atoms with Gasteiger partial charge in [-0.2, -0.15) is 13.2 Å². The van der Waals surface area contributed by atoms with E-state index in [9.17, 15) is 30.4 Å². The topological polar surface area (TPSA) is 73.1 Å². The highest BCUT2D eigenvalue weighted by molar-refractivity contribution is 8.13. The van der Waals surface area contributed by atoms with Gasteiger partial charge in [-0.3, -0.25) is 0 Å². The first kappa shape index (κ1) is 16.1. The lowest BCUT2D eigenvalue weighted by atomic mass is 10.1. The zero-order valence-electron chi connectivity index (χ0n) is 8.88. The SMILES string of the molecule is NCc1cc(S(=O)(=O)Cl)c(C(F)(F)F)nc1C(F)F. The zero-order chi connectivity index (χ0) is 15.0. The third-order valence-electron chi connectivity index (χ3n) is 2.06. The Kier molecular flexibility index (Phi) is 4.37. The van der Waals surface area contributed by atoms with E-state index < -0.39 is 50.0 Å². The highest BCUT2D eigenvalue weighted by atomic mass is 35.7. The van der Waals surface area contributed by atoms with Crippen LogP contribution in [0.2, 0.25) is 0 Å². The molecule has 1 rings (SSSR count). The lowest BCUT2D eigenvalue weighted by Gasteiger charge is -2.14. The Hall–Kier alpha value is -1.00. The number of alkyl halides is 5. The fourth-order valence-corrected chi connectivity index (χ4v) is 2.32. The van der Waals surface area contributed by atoms with Crippen LogP contribution in [0.25, 0.3) is 0 Å². The molecule has 0 bridgehead atoms. The number of pyridine rings is 1. The van der Waals surface area contributed by atoms with E-state index in [-0.39, 0.29) is 0 Å². The smallest absolute Gasteiger partial charge is 0.326 e. The molecule has 19 heavy (non-hydrogen) atoms. The number of hydrogen-bond acceptors (Lipinski definition) is 4. The zero-order valence-corrected chi connectivity index (χ0v) is 10.5. The van der Waals surface area contributed by atoms with Crippen LogP contribution in [0.5, 0.6) is 0 Å². The predicted octanol–water partition coefficient (Wildman–Crippen LogP) is 2.42. The van der Waals surface area contributed by atoms with Crippen molar-refractivity contribution in [3.63, 3.8) is 0 Å². The Labute approximate surface area is 108 Å². The largest absolute Gasteiger partial charge is 0.434 e. The van der Waals surface area contributed by atoms with Crippen LogP contribution in [0.15, 0.2) is 11.0 Å². The van der Waals surface area contributed by atoms with Crippen molar-refractivity contribution in [2.45, 2.75) is 24.0 Å². The van der Waals surface area contributed by atoms with Crippen molar-refractivity contribution in [1.82, 2.24) is 4.98 Å². The average molecular weight is 325 g/mol. The lowest BCUT2D eigenvalue weighted by molar-refractivity contribution is -0.143. The molecule has 0 spiro atoms. The van der Waals surface area contributed by atoms with Crippen molar-refractivity contribution < 1.29 is 30.4 Å². The third-order valence-corrected chi connectivity index (χ3v) is 3.39. The van der Waals surface area contributed by atoms with E-state index in [1.54, 1.807) is 0 Å². The van der Waals surface area contributed by atoms with Crippen LogP contribution in [0.3, 0.4) is 0 Å². The summed E-state index contributed by atoms with van der Waals surface area (Å²) in [7, 11) is 0.0321. The Morgan fingerprint density at radius 2 is 1.89 bits per heavy atom. The minimum absolute atomic E-state index is 0.361. The van der Waals surface area contributed by atoms with Crippen LogP contribution < -0.4 is 5.73 Å². The summed E-state index contributed by atoms with van der Waals surface area (Å²) >= 11 is 0. The summed E-state index contributed by atoms with van der Waals surface area (Å²) in [5.74, 6) is 0. The predicted molar refractivity (Wildman–Crippen MR) is 55.1 cm³/mol. The van der Waals surface area contributed by atoms with Gasteiger partial charge in [0.25, 0.3) is 15.5 Å². The highest BCUT2D eigenvalue weighted by Gasteiger charge is 2.40. The number of halogens is 6. The molecule has 0 aliphatic carbocycles. The van der Waals surface area contributed by atoms with Crippen LogP contribution in [-0.4, -0.2) is 13.4 Å². The molecular formula is C8H6ClF5N2O2S. The molecule has 0 atom stereocenters. The number of hydrogen-bond donors (Lipinski definition) is 1. The molecule has 1 aromatic heterocycles. The van der Waals surface area contributed by atoms with Gasteiger partial charge in [0.2, 0.25) is 0 Å². The molecular weight excluding hydrogens is 319 g/mol. The van der Waals surface area contributed by atoms with Crippen LogP contribution in [-0.2, 0) is 21.8 Å². The van der Waals surface area contributed by atoms with Crippen LogP contribution in [0.4, 0.5) is 22.0 Å². The van der Waals surface area contributed by atoms with Gasteiger partial charge in [0.05, 0.1) is 0 Å².